The second-order valence-electron chi connectivity index (χ2n) is 14.8. The van der Waals surface area contributed by atoms with Gasteiger partial charge in [-0.3, -0.25) is 0 Å². The summed E-state index contributed by atoms with van der Waals surface area (Å²) in [6.45, 7) is 0. The van der Waals surface area contributed by atoms with Crippen molar-refractivity contribution >= 4 is 32.7 Å². The van der Waals surface area contributed by atoms with Gasteiger partial charge in [0.05, 0.1) is 0 Å². The lowest BCUT2D eigenvalue weighted by Gasteiger charge is -2.21. The standard InChI is InChI=1S/C55H40O/c1-3-13-41(14-4-1)49-35-33-47(37-53(49)42-15-5-2-6-16-42)48(34-24-38-22-25-40(26-23-38)46-32-27-39-12-7-8-17-45(39)36-46)43-28-30-44(31-29-43)50-19-11-20-52-51-18-9-10-21-54(51)56-55(50)52/h1-23,25-33,35-37,48H,24,34H2. The van der Waals surface area contributed by atoms with E-state index >= 15 is 0 Å². The van der Waals surface area contributed by atoms with Crippen LogP contribution in [-0.2, 0) is 6.42 Å². The lowest BCUT2D eigenvalue weighted by atomic mass is 9.82. The molecule has 1 heteroatoms. The van der Waals surface area contributed by atoms with Crippen LogP contribution in [-0.4, -0.2) is 0 Å². The molecule has 0 fully saturated rings. The summed E-state index contributed by atoms with van der Waals surface area (Å²) < 4.78 is 6.43. The normalized spacial score (nSPS) is 12.0. The average molecular weight is 717 g/mol. The molecule has 0 bridgehead atoms. The number of para-hydroxylation sites is 2. The number of aryl methyl sites for hydroxylation is 1. The molecule has 1 aromatic heterocycles. The molecule has 0 aliphatic rings. The second-order valence-corrected chi connectivity index (χ2v) is 14.8. The van der Waals surface area contributed by atoms with Crippen molar-refractivity contribution < 1.29 is 4.42 Å². The van der Waals surface area contributed by atoms with E-state index in [-0.39, 0.29) is 5.92 Å². The van der Waals surface area contributed by atoms with Crippen LogP contribution in [0.25, 0.3) is 77.2 Å². The molecule has 9 aromatic carbocycles. The first kappa shape index (κ1) is 33.6. The maximum atomic E-state index is 6.43. The number of furan rings is 1. The van der Waals surface area contributed by atoms with Crippen molar-refractivity contribution in [2.75, 3.05) is 0 Å². The van der Waals surface area contributed by atoms with Gasteiger partial charge in [0, 0.05) is 22.3 Å². The van der Waals surface area contributed by atoms with Crippen LogP contribution in [0.15, 0.2) is 217 Å². The van der Waals surface area contributed by atoms with Crippen molar-refractivity contribution in [3.63, 3.8) is 0 Å². The van der Waals surface area contributed by atoms with E-state index in [1.165, 1.54) is 60.8 Å². The third-order valence-corrected chi connectivity index (χ3v) is 11.4. The van der Waals surface area contributed by atoms with E-state index < -0.39 is 0 Å². The molecule has 56 heavy (non-hydrogen) atoms. The molecule has 0 saturated carbocycles. The van der Waals surface area contributed by atoms with Gasteiger partial charge in [0.15, 0.2) is 0 Å². The van der Waals surface area contributed by atoms with Gasteiger partial charge in [-0.15, -0.1) is 0 Å². The molecular weight excluding hydrogens is 677 g/mol. The van der Waals surface area contributed by atoms with E-state index in [1.54, 1.807) is 0 Å². The Kier molecular flexibility index (Phi) is 8.82. The summed E-state index contributed by atoms with van der Waals surface area (Å²) in [4.78, 5) is 0. The molecule has 1 heterocycles. The Morgan fingerprint density at radius 1 is 0.357 bits per heavy atom. The van der Waals surface area contributed by atoms with E-state index in [9.17, 15) is 0 Å². The smallest absolute Gasteiger partial charge is 0.143 e. The van der Waals surface area contributed by atoms with Gasteiger partial charge in [0.1, 0.15) is 11.2 Å². The molecule has 0 amide bonds. The molecular formula is C55H40O. The van der Waals surface area contributed by atoms with Gasteiger partial charge in [0.25, 0.3) is 0 Å². The number of hydrogen-bond acceptors (Lipinski definition) is 1. The van der Waals surface area contributed by atoms with Gasteiger partial charge in [-0.2, -0.15) is 0 Å². The van der Waals surface area contributed by atoms with Crippen molar-refractivity contribution in [3.05, 3.63) is 229 Å². The molecule has 0 aliphatic carbocycles. The molecule has 0 spiro atoms. The van der Waals surface area contributed by atoms with Crippen LogP contribution in [0, 0.1) is 0 Å². The highest BCUT2D eigenvalue weighted by atomic mass is 16.3. The molecule has 0 aliphatic heterocycles. The predicted octanol–water partition coefficient (Wildman–Crippen LogP) is 15.2. The van der Waals surface area contributed by atoms with Gasteiger partial charge in [-0.1, -0.05) is 194 Å². The van der Waals surface area contributed by atoms with Crippen LogP contribution in [0.4, 0.5) is 0 Å². The predicted molar refractivity (Wildman–Crippen MR) is 236 cm³/mol. The lowest BCUT2D eigenvalue weighted by Crippen LogP contribution is -2.04. The Morgan fingerprint density at radius 2 is 0.964 bits per heavy atom. The number of hydrogen-bond donors (Lipinski definition) is 0. The van der Waals surface area contributed by atoms with Gasteiger partial charge in [0.2, 0.25) is 0 Å². The molecule has 10 aromatic rings. The van der Waals surface area contributed by atoms with Crippen molar-refractivity contribution in [1.82, 2.24) is 0 Å². The highest BCUT2D eigenvalue weighted by Crippen LogP contribution is 2.40. The number of rotatable bonds is 9. The summed E-state index contributed by atoms with van der Waals surface area (Å²) in [6.07, 6.45) is 1.94. The topological polar surface area (TPSA) is 13.1 Å². The van der Waals surface area contributed by atoms with Crippen LogP contribution < -0.4 is 0 Å². The zero-order valence-electron chi connectivity index (χ0n) is 31.1. The fraction of sp³-hybridized carbons (Fsp3) is 0.0545. The molecule has 10 rings (SSSR count). The molecule has 0 N–H and O–H groups in total. The van der Waals surface area contributed by atoms with Crippen molar-refractivity contribution in [1.29, 1.82) is 0 Å². The largest absolute Gasteiger partial charge is 0.455 e. The third kappa shape index (κ3) is 6.48. The summed E-state index contributed by atoms with van der Waals surface area (Å²) in [5.74, 6) is 0.193. The first-order valence-electron chi connectivity index (χ1n) is 19.6. The minimum Gasteiger partial charge on any atom is -0.455 e. The van der Waals surface area contributed by atoms with E-state index in [2.05, 4.69) is 206 Å². The van der Waals surface area contributed by atoms with E-state index in [4.69, 9.17) is 4.42 Å². The minimum absolute atomic E-state index is 0.193. The van der Waals surface area contributed by atoms with E-state index in [0.29, 0.717) is 0 Å². The first-order valence-corrected chi connectivity index (χ1v) is 19.6. The molecule has 1 nitrogen and oxygen atoms in total. The fourth-order valence-electron chi connectivity index (χ4n) is 8.44. The van der Waals surface area contributed by atoms with Gasteiger partial charge in [-0.05, 0) is 97.4 Å². The molecule has 1 unspecified atom stereocenters. The van der Waals surface area contributed by atoms with Gasteiger partial charge >= 0.3 is 0 Å². The second kappa shape index (κ2) is 14.7. The molecule has 0 radical (unpaired) electrons. The quantitative estimate of drug-likeness (QED) is 0.145. The monoisotopic (exact) mass is 716 g/mol. The van der Waals surface area contributed by atoms with E-state index in [0.717, 1.165) is 45.9 Å². The molecule has 1 atom stereocenters. The van der Waals surface area contributed by atoms with Crippen LogP contribution in [0.5, 0.6) is 0 Å². The van der Waals surface area contributed by atoms with Crippen LogP contribution in [0.3, 0.4) is 0 Å². The zero-order chi connectivity index (χ0) is 37.3. The SMILES string of the molecule is c1ccc(-c2ccc(C(CCc3ccc(-c4ccc5ccccc5c4)cc3)c3ccc(-c4cccc5c4oc4ccccc45)cc3)cc2-c2ccccc2)cc1. The Morgan fingerprint density at radius 3 is 1.75 bits per heavy atom. The average Bonchev–Trinajstić information content (AvgIpc) is 3.66. The minimum atomic E-state index is 0.193. The van der Waals surface area contributed by atoms with Crippen LogP contribution in [0.2, 0.25) is 0 Å². The van der Waals surface area contributed by atoms with Gasteiger partial charge < -0.3 is 4.42 Å². The van der Waals surface area contributed by atoms with Crippen LogP contribution in [0.1, 0.15) is 29.0 Å². The van der Waals surface area contributed by atoms with Crippen LogP contribution >= 0.6 is 0 Å². The van der Waals surface area contributed by atoms with Crippen molar-refractivity contribution in [3.8, 4) is 44.5 Å². The highest BCUT2D eigenvalue weighted by Gasteiger charge is 2.19. The zero-order valence-corrected chi connectivity index (χ0v) is 31.1. The maximum Gasteiger partial charge on any atom is 0.143 e. The number of benzene rings is 9. The van der Waals surface area contributed by atoms with Crippen molar-refractivity contribution in [2.24, 2.45) is 0 Å². The Labute approximate surface area is 328 Å². The highest BCUT2D eigenvalue weighted by molar-refractivity contribution is 6.09. The van der Waals surface area contributed by atoms with E-state index in [1.807, 2.05) is 6.07 Å². The number of fused-ring (bicyclic) bond motifs is 4. The Hall–Kier alpha value is -6.96. The fourth-order valence-corrected chi connectivity index (χ4v) is 8.44. The maximum absolute atomic E-state index is 6.43. The lowest BCUT2D eigenvalue weighted by molar-refractivity contribution is 0.670. The van der Waals surface area contributed by atoms with Crippen molar-refractivity contribution in [2.45, 2.75) is 18.8 Å². The third-order valence-electron chi connectivity index (χ3n) is 11.4. The molecule has 0 saturated heterocycles. The summed E-state index contributed by atoms with van der Waals surface area (Å²) in [7, 11) is 0. The molecule has 266 valence electrons. The Bertz CT molecular complexity index is 2940. The summed E-state index contributed by atoms with van der Waals surface area (Å²) in [6, 6.07) is 77.2. The Balaban J connectivity index is 1.02. The summed E-state index contributed by atoms with van der Waals surface area (Å²) >= 11 is 0. The summed E-state index contributed by atoms with van der Waals surface area (Å²) in [5.41, 5.74) is 15.6. The van der Waals surface area contributed by atoms with Gasteiger partial charge in [-0.25, -0.2) is 0 Å². The summed E-state index contributed by atoms with van der Waals surface area (Å²) in [5, 5.41) is 4.84. The first-order chi connectivity index (χ1) is 27.7.